The van der Waals surface area contributed by atoms with Crippen LogP contribution in [0.15, 0.2) is 30.3 Å². The minimum Gasteiger partial charge on any atom is -0.333 e. The molecule has 1 unspecified atom stereocenters. The van der Waals surface area contributed by atoms with Crippen molar-refractivity contribution in [1.82, 2.24) is 4.90 Å². The van der Waals surface area contributed by atoms with E-state index in [1.807, 2.05) is 49.1 Å². The summed E-state index contributed by atoms with van der Waals surface area (Å²) in [5, 5.41) is 0.795. The molecule has 1 aromatic rings. The van der Waals surface area contributed by atoms with Crippen molar-refractivity contribution in [3.05, 3.63) is 35.9 Å². The van der Waals surface area contributed by atoms with E-state index in [9.17, 15) is 4.79 Å². The summed E-state index contributed by atoms with van der Waals surface area (Å²) >= 11 is 3.43. The molecule has 1 rings (SSSR count). The van der Waals surface area contributed by atoms with Crippen molar-refractivity contribution in [3.8, 4) is 0 Å². The summed E-state index contributed by atoms with van der Waals surface area (Å²) in [5.74, 6) is 0.0996. The molecule has 0 aliphatic heterocycles. The van der Waals surface area contributed by atoms with E-state index in [-0.39, 0.29) is 18.0 Å². The molecule has 1 aromatic carbocycles. The number of carbonyl (C=O) groups is 1. The van der Waals surface area contributed by atoms with Gasteiger partial charge in [0.1, 0.15) is 0 Å². The Morgan fingerprint density at radius 3 is 2.25 bits per heavy atom. The molecule has 0 aromatic heterocycles. The molecule has 0 aliphatic carbocycles. The normalized spacial score (nSPS) is 12.6. The first-order valence-corrected chi connectivity index (χ1v) is 6.63. The predicted octanol–water partition coefficient (Wildman–Crippen LogP) is 3.32. The van der Waals surface area contributed by atoms with Crippen molar-refractivity contribution >= 4 is 21.8 Å². The third-order valence-corrected chi connectivity index (χ3v) is 3.45. The van der Waals surface area contributed by atoms with Gasteiger partial charge in [0.15, 0.2) is 0 Å². The first kappa shape index (κ1) is 13.2. The van der Waals surface area contributed by atoms with E-state index in [0.29, 0.717) is 0 Å². The second-order valence-corrected chi connectivity index (χ2v) is 4.82. The molecule has 1 atom stereocenters. The maximum Gasteiger partial charge on any atom is 0.254 e. The van der Waals surface area contributed by atoms with Crippen molar-refractivity contribution in [2.75, 3.05) is 5.33 Å². The van der Waals surface area contributed by atoms with Gasteiger partial charge in [-0.2, -0.15) is 0 Å². The largest absolute Gasteiger partial charge is 0.333 e. The fraction of sp³-hybridized carbons (Fsp3) is 0.462. The van der Waals surface area contributed by atoms with E-state index in [1.54, 1.807) is 0 Å². The number of benzene rings is 1. The van der Waals surface area contributed by atoms with Crippen LogP contribution in [0.3, 0.4) is 0 Å². The first-order valence-electron chi connectivity index (χ1n) is 5.51. The van der Waals surface area contributed by atoms with Gasteiger partial charge in [-0.05, 0) is 32.9 Å². The Morgan fingerprint density at radius 1 is 1.25 bits per heavy atom. The van der Waals surface area contributed by atoms with Crippen LogP contribution in [0.1, 0.15) is 31.1 Å². The van der Waals surface area contributed by atoms with Gasteiger partial charge in [-0.1, -0.05) is 34.1 Å². The third-order valence-electron chi connectivity index (χ3n) is 2.51. The molecule has 0 spiro atoms. The van der Waals surface area contributed by atoms with Gasteiger partial charge >= 0.3 is 0 Å². The molecule has 0 heterocycles. The number of carbonyl (C=O) groups excluding carboxylic acids is 1. The van der Waals surface area contributed by atoms with Crippen LogP contribution in [0.5, 0.6) is 0 Å². The summed E-state index contributed by atoms with van der Waals surface area (Å²) in [5.41, 5.74) is 0.754. The predicted molar refractivity (Wildman–Crippen MR) is 71.0 cm³/mol. The van der Waals surface area contributed by atoms with Crippen molar-refractivity contribution in [2.45, 2.75) is 32.9 Å². The molecule has 0 aliphatic rings. The number of nitrogens with zero attached hydrogens (tertiary/aromatic N) is 1. The molecule has 0 saturated carbocycles. The molecule has 0 fully saturated rings. The van der Waals surface area contributed by atoms with Gasteiger partial charge in [0.2, 0.25) is 0 Å². The molecule has 2 nitrogen and oxygen atoms in total. The van der Waals surface area contributed by atoms with Crippen LogP contribution < -0.4 is 0 Å². The van der Waals surface area contributed by atoms with Crippen molar-refractivity contribution < 1.29 is 4.79 Å². The van der Waals surface area contributed by atoms with Crippen LogP contribution in [0.2, 0.25) is 0 Å². The molecular formula is C13H18BrNO. The first-order chi connectivity index (χ1) is 7.57. The monoisotopic (exact) mass is 283 g/mol. The lowest BCUT2D eigenvalue weighted by atomic mass is 10.1. The van der Waals surface area contributed by atoms with Gasteiger partial charge in [-0.25, -0.2) is 0 Å². The van der Waals surface area contributed by atoms with Crippen molar-refractivity contribution in [3.63, 3.8) is 0 Å². The second kappa shape index (κ2) is 6.04. The average Bonchev–Trinajstić information content (AvgIpc) is 2.29. The highest BCUT2D eigenvalue weighted by Crippen LogP contribution is 2.13. The highest BCUT2D eigenvalue weighted by Gasteiger charge is 2.22. The van der Waals surface area contributed by atoms with Gasteiger partial charge in [-0.3, -0.25) is 4.79 Å². The number of amides is 1. The number of hydrogen-bond donors (Lipinski definition) is 0. The van der Waals surface area contributed by atoms with E-state index >= 15 is 0 Å². The number of alkyl halides is 1. The zero-order valence-electron chi connectivity index (χ0n) is 9.98. The summed E-state index contributed by atoms with van der Waals surface area (Å²) in [4.78, 5) is 14.2. The summed E-state index contributed by atoms with van der Waals surface area (Å²) in [6.07, 6.45) is 0. The minimum atomic E-state index is 0.0996. The summed E-state index contributed by atoms with van der Waals surface area (Å²) < 4.78 is 0. The Balaban J connectivity index is 2.92. The standard InChI is InChI=1S/C13H18BrNO/c1-10(2)15(11(3)9-14)13(16)12-7-5-4-6-8-12/h4-8,10-11H,9H2,1-3H3. The molecule has 3 heteroatoms. The maximum atomic E-state index is 12.3. The van der Waals surface area contributed by atoms with E-state index < -0.39 is 0 Å². The van der Waals surface area contributed by atoms with Crippen LogP contribution in [0.4, 0.5) is 0 Å². The van der Waals surface area contributed by atoms with Gasteiger partial charge in [0.05, 0.1) is 0 Å². The average molecular weight is 284 g/mol. The van der Waals surface area contributed by atoms with Crippen molar-refractivity contribution in [1.29, 1.82) is 0 Å². The Labute approximate surface area is 106 Å². The molecule has 88 valence electrons. The van der Waals surface area contributed by atoms with Crippen molar-refractivity contribution in [2.24, 2.45) is 0 Å². The lowest BCUT2D eigenvalue weighted by molar-refractivity contribution is 0.0649. The number of rotatable bonds is 4. The topological polar surface area (TPSA) is 20.3 Å². The molecule has 16 heavy (non-hydrogen) atoms. The van der Waals surface area contributed by atoms with Crippen LogP contribution in [0.25, 0.3) is 0 Å². The summed E-state index contributed by atoms with van der Waals surface area (Å²) in [7, 11) is 0. The lowest BCUT2D eigenvalue weighted by Crippen LogP contribution is -2.44. The number of halogens is 1. The van der Waals surface area contributed by atoms with Gasteiger partial charge in [0.25, 0.3) is 5.91 Å². The smallest absolute Gasteiger partial charge is 0.254 e. The van der Waals surface area contributed by atoms with Crippen LogP contribution in [-0.4, -0.2) is 28.2 Å². The van der Waals surface area contributed by atoms with Gasteiger partial charge in [0, 0.05) is 23.0 Å². The highest BCUT2D eigenvalue weighted by atomic mass is 79.9. The van der Waals surface area contributed by atoms with E-state index in [2.05, 4.69) is 22.9 Å². The fourth-order valence-corrected chi connectivity index (χ4v) is 2.06. The Morgan fingerprint density at radius 2 is 1.81 bits per heavy atom. The van der Waals surface area contributed by atoms with E-state index in [1.165, 1.54) is 0 Å². The second-order valence-electron chi connectivity index (χ2n) is 4.18. The van der Waals surface area contributed by atoms with Gasteiger partial charge < -0.3 is 4.90 Å². The van der Waals surface area contributed by atoms with Crippen LogP contribution >= 0.6 is 15.9 Å². The maximum absolute atomic E-state index is 12.3. The molecule has 0 N–H and O–H groups in total. The molecule has 0 radical (unpaired) electrons. The van der Waals surface area contributed by atoms with Crippen LogP contribution in [-0.2, 0) is 0 Å². The fourth-order valence-electron chi connectivity index (χ4n) is 1.75. The number of hydrogen-bond acceptors (Lipinski definition) is 1. The Kier molecular flexibility index (Phi) is 5.00. The van der Waals surface area contributed by atoms with E-state index in [4.69, 9.17) is 0 Å². The molecular weight excluding hydrogens is 266 g/mol. The van der Waals surface area contributed by atoms with Gasteiger partial charge in [-0.15, -0.1) is 0 Å². The zero-order valence-corrected chi connectivity index (χ0v) is 11.6. The SMILES string of the molecule is CC(C)N(C(=O)c1ccccc1)C(C)CBr. The lowest BCUT2D eigenvalue weighted by Gasteiger charge is -2.32. The minimum absolute atomic E-state index is 0.0996. The quantitative estimate of drug-likeness (QED) is 0.777. The zero-order chi connectivity index (χ0) is 12.1. The molecule has 0 saturated heterocycles. The summed E-state index contributed by atoms with van der Waals surface area (Å²) in [6, 6.07) is 9.84. The summed E-state index contributed by atoms with van der Waals surface area (Å²) in [6.45, 7) is 6.13. The molecule has 0 bridgehead atoms. The highest BCUT2D eigenvalue weighted by molar-refractivity contribution is 9.09. The van der Waals surface area contributed by atoms with E-state index in [0.717, 1.165) is 10.9 Å². The Hall–Kier alpha value is -0.830. The molecule has 1 amide bonds. The Bertz CT molecular complexity index is 337. The third kappa shape index (κ3) is 3.08. The van der Waals surface area contributed by atoms with Crippen LogP contribution in [0, 0.1) is 0 Å².